The van der Waals surface area contributed by atoms with Crippen molar-refractivity contribution in [3.8, 4) is 6.07 Å². The van der Waals surface area contributed by atoms with Gasteiger partial charge >= 0.3 is 6.18 Å². The summed E-state index contributed by atoms with van der Waals surface area (Å²) < 4.78 is 73.2. The zero-order valence-corrected chi connectivity index (χ0v) is 14.6. The molecule has 0 saturated carbocycles. The molecule has 29 heavy (non-hydrogen) atoms. The number of alkyl halides is 4. The first-order valence-electron chi connectivity index (χ1n) is 8.69. The Morgan fingerprint density at radius 2 is 1.90 bits per heavy atom. The molecule has 2 aliphatic rings. The van der Waals surface area contributed by atoms with Crippen molar-refractivity contribution in [1.29, 1.82) is 5.26 Å². The van der Waals surface area contributed by atoms with Crippen LogP contribution in [0, 0.1) is 11.3 Å². The first kappa shape index (κ1) is 17.6. The average molecular weight is 399 g/mol. The molecule has 1 unspecified atom stereocenters. The fourth-order valence-corrected chi connectivity index (χ4v) is 4.07. The average Bonchev–Trinajstić information content (AvgIpc) is 3.07. The van der Waals surface area contributed by atoms with Crippen molar-refractivity contribution >= 4 is 28.1 Å². The molecule has 0 fully saturated rings. The molecule has 2 heterocycles. The van der Waals surface area contributed by atoms with Crippen molar-refractivity contribution in [2.24, 2.45) is 0 Å². The van der Waals surface area contributed by atoms with Crippen LogP contribution in [0.25, 0.3) is 28.1 Å². The number of fused-ring (bicyclic) bond motifs is 8. The van der Waals surface area contributed by atoms with Crippen LogP contribution in [-0.2, 0) is 6.42 Å². The Morgan fingerprint density at radius 3 is 2.59 bits per heavy atom. The first-order chi connectivity index (χ1) is 13.8. The van der Waals surface area contributed by atoms with Crippen LogP contribution in [0.3, 0.4) is 0 Å². The molecule has 5 rings (SSSR count). The Kier molecular flexibility index (Phi) is 3.50. The number of hydrogen-bond acceptors (Lipinski definition) is 2. The fraction of sp³-hybridized carbons (Fsp3) is 0.143. The number of imidazole rings is 1. The molecule has 0 amide bonds. The maximum Gasteiger partial charge on any atom is 0.421 e. The van der Waals surface area contributed by atoms with Crippen LogP contribution < -0.4 is 10.7 Å². The van der Waals surface area contributed by atoms with Gasteiger partial charge in [-0.25, -0.2) is 13.8 Å². The third-order valence-electron chi connectivity index (χ3n) is 5.23. The highest BCUT2D eigenvalue weighted by Crippen LogP contribution is 2.43. The third-order valence-corrected chi connectivity index (χ3v) is 5.23. The summed E-state index contributed by atoms with van der Waals surface area (Å²) >= 11 is 0. The number of halogens is 5. The molecular formula is C21H10F5N3. The van der Waals surface area contributed by atoms with Gasteiger partial charge in [0, 0.05) is 17.4 Å². The lowest BCUT2D eigenvalue weighted by Crippen LogP contribution is -2.38. The molecule has 0 aliphatic heterocycles. The summed E-state index contributed by atoms with van der Waals surface area (Å²) in [6.07, 6.45) is -2.06. The van der Waals surface area contributed by atoms with E-state index in [1.165, 1.54) is 16.5 Å². The number of hydrogen-bond donors (Lipinski definition) is 0. The third kappa shape index (κ3) is 2.24. The molecule has 144 valence electrons. The van der Waals surface area contributed by atoms with Crippen molar-refractivity contribution in [1.82, 2.24) is 9.38 Å². The number of allylic oxidation sites excluding steroid dienone is 4. The van der Waals surface area contributed by atoms with E-state index in [0.717, 1.165) is 0 Å². The number of benzene rings is 1. The van der Waals surface area contributed by atoms with Gasteiger partial charge in [0.25, 0.3) is 0 Å². The second-order valence-corrected chi connectivity index (χ2v) is 6.78. The van der Waals surface area contributed by atoms with Crippen LogP contribution >= 0.6 is 0 Å². The smallest absolute Gasteiger partial charge is 0.292 e. The van der Waals surface area contributed by atoms with Crippen LogP contribution in [0.15, 0.2) is 47.8 Å². The quantitative estimate of drug-likeness (QED) is 0.539. The van der Waals surface area contributed by atoms with Gasteiger partial charge in [-0.15, -0.1) is 0 Å². The molecule has 0 N–H and O–H groups in total. The fourth-order valence-electron chi connectivity index (χ4n) is 4.07. The molecule has 1 atom stereocenters. The summed E-state index contributed by atoms with van der Waals surface area (Å²) in [4.78, 5) is 4.47. The second kappa shape index (κ2) is 5.77. The molecule has 2 aromatic heterocycles. The Labute approximate surface area is 160 Å². The van der Waals surface area contributed by atoms with Gasteiger partial charge in [0.05, 0.1) is 16.4 Å². The Morgan fingerprint density at radius 1 is 1.17 bits per heavy atom. The predicted octanol–water partition coefficient (Wildman–Crippen LogP) is 3.86. The first-order valence-corrected chi connectivity index (χ1v) is 8.69. The highest BCUT2D eigenvalue weighted by Gasteiger charge is 2.45. The summed E-state index contributed by atoms with van der Waals surface area (Å²) in [7, 11) is 0. The molecule has 0 saturated heterocycles. The van der Waals surface area contributed by atoms with E-state index in [4.69, 9.17) is 0 Å². The highest BCUT2D eigenvalue weighted by molar-refractivity contribution is 5.98. The molecule has 0 bridgehead atoms. The van der Waals surface area contributed by atoms with Crippen LogP contribution in [-0.4, -0.2) is 15.6 Å². The summed E-state index contributed by atoms with van der Waals surface area (Å²) in [5.74, 6) is -1.88. The van der Waals surface area contributed by atoms with E-state index in [-0.39, 0.29) is 16.6 Å². The Balaban J connectivity index is 2.22. The van der Waals surface area contributed by atoms with Crippen LogP contribution in [0.5, 0.6) is 0 Å². The van der Waals surface area contributed by atoms with Crippen LogP contribution in [0.2, 0.25) is 0 Å². The van der Waals surface area contributed by atoms with Crippen molar-refractivity contribution in [3.63, 3.8) is 0 Å². The van der Waals surface area contributed by atoms with Crippen molar-refractivity contribution < 1.29 is 22.0 Å². The van der Waals surface area contributed by atoms with Crippen molar-refractivity contribution in [2.45, 2.75) is 18.8 Å². The van der Waals surface area contributed by atoms with E-state index in [2.05, 4.69) is 4.98 Å². The number of pyridine rings is 1. The largest absolute Gasteiger partial charge is 0.421 e. The lowest BCUT2D eigenvalue weighted by Gasteiger charge is -2.23. The standard InChI is InChI=1S/C21H10F5N3/c22-17-12(9-27)18(23)16(21(24,25)26)19-15(17)10-5-1-2-6-11(10)20-28-13-7-3-4-8-14(13)29(19)20/h1-6,8,17H,7H2. The van der Waals surface area contributed by atoms with Gasteiger partial charge in [0.2, 0.25) is 0 Å². The van der Waals surface area contributed by atoms with E-state index in [0.29, 0.717) is 22.9 Å². The number of nitriles is 1. The van der Waals surface area contributed by atoms with Gasteiger partial charge in [-0.2, -0.15) is 18.4 Å². The van der Waals surface area contributed by atoms with Gasteiger partial charge in [0.15, 0.2) is 12.0 Å². The van der Waals surface area contributed by atoms with E-state index < -0.39 is 34.7 Å². The predicted molar refractivity (Wildman–Crippen MR) is 96.3 cm³/mol. The molecule has 3 nitrogen and oxygen atoms in total. The molecule has 2 aliphatic carbocycles. The topological polar surface area (TPSA) is 41.1 Å². The van der Waals surface area contributed by atoms with Crippen molar-refractivity contribution in [2.75, 3.05) is 0 Å². The maximum atomic E-state index is 15.3. The van der Waals surface area contributed by atoms with Gasteiger partial charge in [0.1, 0.15) is 22.9 Å². The van der Waals surface area contributed by atoms with Crippen molar-refractivity contribution in [3.05, 3.63) is 69.8 Å². The highest BCUT2D eigenvalue weighted by atomic mass is 19.4. The van der Waals surface area contributed by atoms with Gasteiger partial charge < -0.3 is 0 Å². The minimum absolute atomic E-state index is 0.166. The molecule has 3 aromatic rings. The normalized spacial score (nSPS) is 18.6. The monoisotopic (exact) mass is 399 g/mol. The summed E-state index contributed by atoms with van der Waals surface area (Å²) in [5, 5.41) is 9.47. The Hall–Kier alpha value is -3.47. The van der Waals surface area contributed by atoms with Gasteiger partial charge in [-0.3, -0.25) is 4.40 Å². The molecule has 0 radical (unpaired) electrons. The zero-order valence-electron chi connectivity index (χ0n) is 14.6. The Bertz CT molecular complexity index is 1450. The van der Waals surface area contributed by atoms with Gasteiger partial charge in [-0.05, 0) is 11.5 Å². The summed E-state index contributed by atoms with van der Waals surface area (Å²) in [5.41, 5.74) is -2.50. The van der Waals surface area contributed by atoms with Gasteiger partial charge in [-0.1, -0.05) is 36.4 Å². The molecule has 0 spiro atoms. The number of aromatic nitrogens is 2. The van der Waals surface area contributed by atoms with E-state index >= 15 is 4.39 Å². The van der Waals surface area contributed by atoms with Crippen LogP contribution in [0.4, 0.5) is 22.0 Å². The van der Waals surface area contributed by atoms with E-state index in [1.807, 2.05) is 0 Å². The van der Waals surface area contributed by atoms with E-state index in [1.54, 1.807) is 36.4 Å². The lowest BCUT2D eigenvalue weighted by atomic mass is 9.90. The lowest BCUT2D eigenvalue weighted by molar-refractivity contribution is -0.0714. The number of rotatable bonds is 0. The summed E-state index contributed by atoms with van der Waals surface area (Å²) in [6.45, 7) is 0. The summed E-state index contributed by atoms with van der Waals surface area (Å²) in [6, 6.07) is 7.58. The minimum atomic E-state index is -5.14. The zero-order chi connectivity index (χ0) is 20.5. The molecule has 8 heteroatoms. The number of nitrogens with zero attached hydrogens (tertiary/aromatic N) is 3. The maximum absolute atomic E-state index is 15.3. The molecular weight excluding hydrogens is 389 g/mol. The second-order valence-electron chi connectivity index (χ2n) is 6.78. The minimum Gasteiger partial charge on any atom is -0.292 e. The van der Waals surface area contributed by atoms with E-state index in [9.17, 15) is 22.8 Å². The molecule has 1 aromatic carbocycles. The van der Waals surface area contributed by atoms with Crippen LogP contribution in [0.1, 0.15) is 17.4 Å². The SMILES string of the molecule is N#CC1=C(F)C(C(F)(F)F)=c2c(c3ccccc3c3nc4c(n23)=CC=CC4)C1F.